The second-order valence-electron chi connectivity index (χ2n) is 3.34. The minimum Gasteiger partial charge on any atom is -0.481 e. The molecule has 1 aromatic heterocycles. The Hall–Kier alpha value is -2.30. The smallest absolute Gasteiger partial charge is 0.307 e. The van der Waals surface area contributed by atoms with Crippen molar-refractivity contribution in [2.24, 2.45) is 0 Å². The molecule has 5 nitrogen and oxygen atoms in total. The zero-order chi connectivity index (χ0) is 11.5. The van der Waals surface area contributed by atoms with Crippen molar-refractivity contribution >= 4 is 12.0 Å². The van der Waals surface area contributed by atoms with Crippen LogP contribution in [0, 0.1) is 0 Å². The number of benzene rings is 1. The Kier molecular flexibility index (Phi) is 2.59. The van der Waals surface area contributed by atoms with Gasteiger partial charge in [0.2, 0.25) is 0 Å². The van der Waals surface area contributed by atoms with Gasteiger partial charge in [-0.2, -0.15) is 4.98 Å². The highest BCUT2D eigenvalue weighted by molar-refractivity contribution is 5.70. The van der Waals surface area contributed by atoms with E-state index in [1.165, 1.54) is 6.26 Å². The highest BCUT2D eigenvalue weighted by Gasteiger charge is 2.05. The summed E-state index contributed by atoms with van der Waals surface area (Å²) in [5, 5.41) is 8.61. The van der Waals surface area contributed by atoms with E-state index in [-0.39, 0.29) is 12.4 Å². The predicted octanol–water partition coefficient (Wildman–Crippen LogP) is 1.55. The number of carbonyl (C=O) groups is 1. The van der Waals surface area contributed by atoms with Crippen LogP contribution in [0.3, 0.4) is 0 Å². The maximum Gasteiger partial charge on any atom is 0.307 e. The fourth-order valence-corrected chi connectivity index (χ4v) is 1.39. The fraction of sp³-hybridized carbons (Fsp3) is 0.0909. The summed E-state index contributed by atoms with van der Waals surface area (Å²) in [5.74, 6) is -0.849. The maximum absolute atomic E-state index is 10.5. The molecule has 0 saturated heterocycles. The Balaban J connectivity index is 2.22. The Bertz CT molecular complexity index is 502. The number of carboxylic acids is 1. The summed E-state index contributed by atoms with van der Waals surface area (Å²) in [7, 11) is 0. The molecule has 0 fully saturated rings. The van der Waals surface area contributed by atoms with E-state index in [1.54, 1.807) is 24.3 Å². The molecule has 0 atom stereocenters. The Morgan fingerprint density at radius 2 is 2.06 bits per heavy atom. The molecule has 0 saturated carbocycles. The minimum absolute atomic E-state index is 0.0151. The van der Waals surface area contributed by atoms with E-state index in [0.29, 0.717) is 5.69 Å². The van der Waals surface area contributed by atoms with Crippen LogP contribution in [-0.2, 0) is 11.2 Å². The van der Waals surface area contributed by atoms with Crippen molar-refractivity contribution in [2.75, 3.05) is 5.73 Å². The quantitative estimate of drug-likeness (QED) is 0.815. The third-order valence-electron chi connectivity index (χ3n) is 2.13. The van der Waals surface area contributed by atoms with Gasteiger partial charge in [0.1, 0.15) is 12.0 Å². The van der Waals surface area contributed by atoms with Crippen LogP contribution in [0.1, 0.15) is 5.56 Å². The van der Waals surface area contributed by atoms with Crippen LogP contribution in [0.5, 0.6) is 0 Å². The highest BCUT2D eigenvalue weighted by Crippen LogP contribution is 2.19. The second kappa shape index (κ2) is 4.06. The van der Waals surface area contributed by atoms with Gasteiger partial charge >= 0.3 is 5.97 Å². The number of aliphatic carboxylic acids is 1. The summed E-state index contributed by atoms with van der Waals surface area (Å²) in [6, 6.07) is 7.18. The van der Waals surface area contributed by atoms with Gasteiger partial charge in [0.15, 0.2) is 0 Å². The number of rotatable bonds is 3. The van der Waals surface area contributed by atoms with E-state index in [9.17, 15) is 4.79 Å². The number of anilines is 1. The van der Waals surface area contributed by atoms with Crippen LogP contribution >= 0.6 is 0 Å². The number of oxazole rings is 1. The van der Waals surface area contributed by atoms with Crippen LogP contribution in [0.4, 0.5) is 6.01 Å². The first-order chi connectivity index (χ1) is 7.65. The number of hydrogen-bond donors (Lipinski definition) is 2. The zero-order valence-corrected chi connectivity index (χ0v) is 8.38. The molecule has 5 heteroatoms. The van der Waals surface area contributed by atoms with Gasteiger partial charge in [-0.3, -0.25) is 4.79 Å². The summed E-state index contributed by atoms with van der Waals surface area (Å²) < 4.78 is 4.89. The monoisotopic (exact) mass is 218 g/mol. The molecule has 0 aliphatic heterocycles. The van der Waals surface area contributed by atoms with Crippen LogP contribution < -0.4 is 5.73 Å². The molecule has 3 N–H and O–H groups in total. The van der Waals surface area contributed by atoms with Crippen LogP contribution in [-0.4, -0.2) is 16.1 Å². The highest BCUT2D eigenvalue weighted by atomic mass is 16.4. The molecular weight excluding hydrogens is 208 g/mol. The number of hydrogen-bond acceptors (Lipinski definition) is 4. The maximum atomic E-state index is 10.5. The Morgan fingerprint density at radius 1 is 1.38 bits per heavy atom. The first kappa shape index (κ1) is 10.2. The molecule has 0 unspecified atom stereocenters. The van der Waals surface area contributed by atoms with E-state index in [4.69, 9.17) is 15.3 Å². The van der Waals surface area contributed by atoms with Crippen molar-refractivity contribution in [3.63, 3.8) is 0 Å². The van der Waals surface area contributed by atoms with Crippen LogP contribution in [0.25, 0.3) is 11.3 Å². The fourth-order valence-electron chi connectivity index (χ4n) is 1.39. The molecule has 2 aromatic rings. The normalized spacial score (nSPS) is 10.2. The van der Waals surface area contributed by atoms with Crippen molar-refractivity contribution in [1.29, 1.82) is 0 Å². The third kappa shape index (κ3) is 2.20. The molecule has 2 rings (SSSR count). The molecule has 0 amide bonds. The van der Waals surface area contributed by atoms with Crippen molar-refractivity contribution in [3.05, 3.63) is 36.1 Å². The third-order valence-corrected chi connectivity index (χ3v) is 2.13. The molecule has 0 spiro atoms. The molecule has 1 aromatic carbocycles. The number of nitrogens with zero attached hydrogens (tertiary/aromatic N) is 1. The van der Waals surface area contributed by atoms with Gasteiger partial charge in [0, 0.05) is 5.56 Å². The average molecular weight is 218 g/mol. The van der Waals surface area contributed by atoms with E-state index in [1.807, 2.05) is 0 Å². The number of aromatic nitrogens is 1. The standard InChI is InChI=1S/C11H10N2O3/c12-11-13-9(6-16-11)8-3-1-7(2-4-8)5-10(14)15/h1-4,6H,5H2,(H2,12,13)(H,14,15). The predicted molar refractivity (Wildman–Crippen MR) is 57.7 cm³/mol. The van der Waals surface area contributed by atoms with Crippen molar-refractivity contribution in [3.8, 4) is 11.3 Å². The lowest BCUT2D eigenvalue weighted by atomic mass is 10.1. The van der Waals surface area contributed by atoms with Crippen molar-refractivity contribution in [1.82, 2.24) is 4.98 Å². The molecule has 0 bridgehead atoms. The first-order valence-corrected chi connectivity index (χ1v) is 4.67. The SMILES string of the molecule is Nc1nc(-c2ccc(CC(=O)O)cc2)co1. The second-order valence-corrected chi connectivity index (χ2v) is 3.34. The number of nitrogens with two attached hydrogens (primary N) is 1. The van der Waals surface area contributed by atoms with E-state index in [0.717, 1.165) is 11.1 Å². The molecule has 16 heavy (non-hydrogen) atoms. The lowest BCUT2D eigenvalue weighted by molar-refractivity contribution is -0.136. The molecular formula is C11H10N2O3. The Morgan fingerprint density at radius 3 is 2.56 bits per heavy atom. The van der Waals surface area contributed by atoms with Crippen LogP contribution in [0.2, 0.25) is 0 Å². The Labute approximate surface area is 91.5 Å². The topological polar surface area (TPSA) is 89.3 Å². The molecule has 82 valence electrons. The lowest BCUT2D eigenvalue weighted by Crippen LogP contribution is -1.99. The summed E-state index contributed by atoms with van der Waals surface area (Å²) in [4.78, 5) is 14.4. The van der Waals surface area contributed by atoms with Gasteiger partial charge in [-0.15, -0.1) is 0 Å². The molecule has 0 aliphatic carbocycles. The van der Waals surface area contributed by atoms with Gasteiger partial charge < -0.3 is 15.3 Å². The van der Waals surface area contributed by atoms with Crippen LogP contribution in [0.15, 0.2) is 34.9 Å². The average Bonchev–Trinajstić information content (AvgIpc) is 2.65. The largest absolute Gasteiger partial charge is 0.481 e. The summed E-state index contributed by atoms with van der Waals surface area (Å²) in [6.45, 7) is 0. The van der Waals surface area contributed by atoms with Gasteiger partial charge in [-0.25, -0.2) is 0 Å². The van der Waals surface area contributed by atoms with Gasteiger partial charge in [-0.05, 0) is 5.56 Å². The van der Waals surface area contributed by atoms with Gasteiger partial charge in [0.25, 0.3) is 6.01 Å². The van der Waals surface area contributed by atoms with Gasteiger partial charge in [0.05, 0.1) is 6.42 Å². The van der Waals surface area contributed by atoms with E-state index in [2.05, 4.69) is 4.98 Å². The van der Waals surface area contributed by atoms with Crippen molar-refractivity contribution < 1.29 is 14.3 Å². The lowest BCUT2D eigenvalue weighted by Gasteiger charge is -1.98. The summed E-state index contributed by atoms with van der Waals surface area (Å²) in [5.41, 5.74) is 7.58. The van der Waals surface area contributed by atoms with Crippen molar-refractivity contribution in [2.45, 2.75) is 6.42 Å². The first-order valence-electron chi connectivity index (χ1n) is 4.67. The molecule has 1 heterocycles. The van der Waals surface area contributed by atoms with E-state index < -0.39 is 5.97 Å². The van der Waals surface area contributed by atoms with E-state index >= 15 is 0 Å². The molecule has 0 aliphatic rings. The molecule has 0 radical (unpaired) electrons. The summed E-state index contributed by atoms with van der Waals surface area (Å²) in [6.07, 6.45) is 1.47. The zero-order valence-electron chi connectivity index (χ0n) is 8.38. The number of nitrogen functional groups attached to an aromatic ring is 1. The summed E-state index contributed by atoms with van der Waals surface area (Å²) >= 11 is 0. The van der Waals surface area contributed by atoms with Gasteiger partial charge in [-0.1, -0.05) is 24.3 Å². The number of carboxylic acid groups (broad SMARTS) is 1. The minimum atomic E-state index is -0.849.